The predicted octanol–water partition coefficient (Wildman–Crippen LogP) is 1.55. The van der Waals surface area contributed by atoms with Crippen LogP contribution < -0.4 is 5.73 Å². The number of para-hydroxylation sites is 1. The Morgan fingerprint density at radius 2 is 1.95 bits per heavy atom. The molecule has 104 valence electrons. The lowest BCUT2D eigenvalue weighted by molar-refractivity contribution is -0.385. The van der Waals surface area contributed by atoms with Crippen LogP contribution in [0.3, 0.4) is 0 Å². The van der Waals surface area contributed by atoms with Crippen molar-refractivity contribution in [3.05, 3.63) is 58.4 Å². The number of rotatable bonds is 4. The number of hydrogen-bond acceptors (Lipinski definition) is 6. The Morgan fingerprint density at radius 3 is 2.60 bits per heavy atom. The van der Waals surface area contributed by atoms with Crippen molar-refractivity contribution in [1.82, 2.24) is 4.98 Å². The molecule has 0 aliphatic heterocycles. The Labute approximate surface area is 115 Å². The summed E-state index contributed by atoms with van der Waals surface area (Å²) in [5.74, 6) is -0.488. The molecular weight excluding hydrogens is 282 g/mol. The molecule has 2 rings (SSSR count). The largest absolute Gasteiger partial charge is 0.396 e. The number of nitrogen functional groups attached to an aromatic ring is 1. The molecule has 8 heteroatoms. The predicted molar refractivity (Wildman–Crippen MR) is 72.6 cm³/mol. The minimum Gasteiger partial charge on any atom is -0.396 e. The maximum absolute atomic E-state index is 12.3. The van der Waals surface area contributed by atoms with E-state index in [4.69, 9.17) is 5.73 Å². The van der Waals surface area contributed by atoms with Crippen molar-refractivity contribution >= 4 is 21.2 Å². The van der Waals surface area contributed by atoms with Crippen LogP contribution in [0.25, 0.3) is 0 Å². The first kappa shape index (κ1) is 13.9. The summed E-state index contributed by atoms with van der Waals surface area (Å²) in [5.41, 5.74) is 5.49. The fourth-order valence-corrected chi connectivity index (χ4v) is 3.26. The van der Waals surface area contributed by atoms with Crippen LogP contribution in [0.4, 0.5) is 11.4 Å². The minimum absolute atomic E-state index is 0.0195. The van der Waals surface area contributed by atoms with Gasteiger partial charge in [-0.1, -0.05) is 18.2 Å². The molecule has 0 bridgehead atoms. The summed E-state index contributed by atoms with van der Waals surface area (Å²) in [6.07, 6.45) is 2.54. The van der Waals surface area contributed by atoms with Gasteiger partial charge in [-0.25, -0.2) is 8.42 Å². The molecule has 0 aliphatic carbocycles. The van der Waals surface area contributed by atoms with Gasteiger partial charge in [0.1, 0.15) is 0 Å². The molecule has 0 fully saturated rings. The second-order valence-electron chi connectivity index (χ2n) is 4.06. The number of nitro benzene ring substituents is 1. The van der Waals surface area contributed by atoms with E-state index in [-0.39, 0.29) is 21.8 Å². The van der Waals surface area contributed by atoms with E-state index in [0.29, 0.717) is 0 Å². The van der Waals surface area contributed by atoms with Crippen molar-refractivity contribution in [2.75, 3.05) is 5.73 Å². The van der Waals surface area contributed by atoms with Crippen LogP contribution >= 0.6 is 0 Å². The zero-order valence-corrected chi connectivity index (χ0v) is 11.1. The highest BCUT2D eigenvalue weighted by molar-refractivity contribution is 7.90. The second kappa shape index (κ2) is 5.25. The lowest BCUT2D eigenvalue weighted by atomic mass is 10.2. The number of nitro groups is 1. The van der Waals surface area contributed by atoms with E-state index in [1.54, 1.807) is 6.07 Å². The first-order chi connectivity index (χ1) is 9.42. The zero-order valence-electron chi connectivity index (χ0n) is 10.3. The van der Waals surface area contributed by atoms with E-state index in [9.17, 15) is 18.5 Å². The third-order valence-electron chi connectivity index (χ3n) is 2.68. The Bertz CT molecular complexity index is 759. The smallest absolute Gasteiger partial charge is 0.273 e. The molecule has 0 aliphatic rings. The first-order valence-corrected chi connectivity index (χ1v) is 7.21. The van der Waals surface area contributed by atoms with Gasteiger partial charge in [0.05, 0.1) is 27.5 Å². The van der Waals surface area contributed by atoms with Crippen LogP contribution in [0.1, 0.15) is 5.56 Å². The summed E-state index contributed by atoms with van der Waals surface area (Å²) in [5, 5.41) is 10.9. The van der Waals surface area contributed by atoms with E-state index < -0.39 is 20.5 Å². The van der Waals surface area contributed by atoms with E-state index in [1.807, 2.05) is 0 Å². The summed E-state index contributed by atoms with van der Waals surface area (Å²) in [6, 6.07) is 6.98. The number of hydrogen-bond donors (Lipinski definition) is 1. The summed E-state index contributed by atoms with van der Waals surface area (Å²) >= 11 is 0. The van der Waals surface area contributed by atoms with E-state index in [1.165, 1.54) is 36.7 Å². The molecule has 1 heterocycles. The van der Waals surface area contributed by atoms with Gasteiger partial charge in [0.15, 0.2) is 9.84 Å². The summed E-state index contributed by atoms with van der Waals surface area (Å²) in [6.45, 7) is 0. The molecule has 0 saturated heterocycles. The number of benzene rings is 1. The molecule has 0 radical (unpaired) electrons. The summed E-state index contributed by atoms with van der Waals surface area (Å²) < 4.78 is 24.5. The average molecular weight is 293 g/mol. The Balaban J connectivity index is 2.45. The molecule has 0 spiro atoms. The molecule has 1 aromatic heterocycles. The fraction of sp³-hybridized carbons (Fsp3) is 0.0833. The highest BCUT2D eigenvalue weighted by Crippen LogP contribution is 2.25. The molecule has 7 nitrogen and oxygen atoms in total. The second-order valence-corrected chi connectivity index (χ2v) is 6.02. The highest BCUT2D eigenvalue weighted by Gasteiger charge is 2.23. The molecule has 0 atom stereocenters. The van der Waals surface area contributed by atoms with Gasteiger partial charge in [-0.05, 0) is 6.07 Å². The van der Waals surface area contributed by atoms with Gasteiger partial charge < -0.3 is 5.73 Å². The third kappa shape index (κ3) is 2.75. The Hall–Kier alpha value is -2.48. The number of aromatic nitrogens is 1. The van der Waals surface area contributed by atoms with Crippen LogP contribution in [0.15, 0.2) is 47.6 Å². The van der Waals surface area contributed by atoms with Crippen LogP contribution in [-0.4, -0.2) is 18.3 Å². The number of nitrogens with two attached hydrogens (primary N) is 1. The molecule has 1 aromatic carbocycles. The number of nitrogens with zero attached hydrogens (tertiary/aromatic N) is 2. The van der Waals surface area contributed by atoms with E-state index in [0.717, 1.165) is 0 Å². The maximum atomic E-state index is 12.3. The van der Waals surface area contributed by atoms with Gasteiger partial charge in [-0.15, -0.1) is 0 Å². The van der Waals surface area contributed by atoms with Crippen LogP contribution in [0, 0.1) is 10.1 Å². The topological polar surface area (TPSA) is 116 Å². The molecule has 0 amide bonds. The van der Waals surface area contributed by atoms with Gasteiger partial charge in [-0.3, -0.25) is 15.1 Å². The van der Waals surface area contributed by atoms with Gasteiger partial charge in [-0.2, -0.15) is 0 Å². The van der Waals surface area contributed by atoms with Crippen molar-refractivity contribution in [3.63, 3.8) is 0 Å². The van der Waals surface area contributed by atoms with Crippen molar-refractivity contribution in [3.8, 4) is 0 Å². The van der Waals surface area contributed by atoms with Crippen LogP contribution in [0.2, 0.25) is 0 Å². The number of sulfone groups is 1. The highest BCUT2D eigenvalue weighted by atomic mass is 32.2. The third-order valence-corrected chi connectivity index (χ3v) is 4.41. The SMILES string of the molecule is Nc1cnccc1S(=O)(=O)Cc1ccccc1[N+](=O)[O-]. The van der Waals surface area contributed by atoms with Gasteiger partial charge >= 0.3 is 0 Å². The van der Waals surface area contributed by atoms with E-state index >= 15 is 0 Å². The lowest BCUT2D eigenvalue weighted by Crippen LogP contribution is -2.09. The van der Waals surface area contributed by atoms with E-state index in [2.05, 4.69) is 4.98 Å². The summed E-state index contributed by atoms with van der Waals surface area (Å²) in [4.78, 5) is 13.9. The number of anilines is 1. The molecule has 0 unspecified atom stereocenters. The van der Waals surface area contributed by atoms with Gasteiger partial charge in [0.25, 0.3) is 5.69 Å². The zero-order chi connectivity index (χ0) is 14.8. The molecule has 0 saturated carbocycles. The summed E-state index contributed by atoms with van der Waals surface area (Å²) in [7, 11) is -3.77. The molecule has 2 aromatic rings. The standard InChI is InChI=1S/C12H11N3O4S/c13-10-7-14-6-5-12(10)20(18,19)8-9-3-1-2-4-11(9)15(16)17/h1-7H,8,13H2. The average Bonchev–Trinajstić information content (AvgIpc) is 2.39. The van der Waals surface area contributed by atoms with Crippen LogP contribution in [-0.2, 0) is 15.6 Å². The monoisotopic (exact) mass is 293 g/mol. The molecule has 2 N–H and O–H groups in total. The quantitative estimate of drug-likeness (QED) is 0.675. The van der Waals surface area contributed by atoms with Crippen LogP contribution in [0.5, 0.6) is 0 Å². The Kier molecular flexibility index (Phi) is 3.66. The lowest BCUT2D eigenvalue weighted by Gasteiger charge is -2.07. The van der Waals surface area contributed by atoms with Crippen molar-refractivity contribution < 1.29 is 13.3 Å². The van der Waals surface area contributed by atoms with Crippen molar-refractivity contribution in [2.24, 2.45) is 0 Å². The van der Waals surface area contributed by atoms with Crippen molar-refractivity contribution in [2.45, 2.75) is 10.6 Å². The fourth-order valence-electron chi connectivity index (χ4n) is 1.77. The Morgan fingerprint density at radius 1 is 1.25 bits per heavy atom. The van der Waals surface area contributed by atoms with Gasteiger partial charge in [0, 0.05) is 17.8 Å². The first-order valence-electron chi connectivity index (χ1n) is 5.56. The van der Waals surface area contributed by atoms with Gasteiger partial charge in [0.2, 0.25) is 0 Å². The number of pyridine rings is 1. The molecule has 20 heavy (non-hydrogen) atoms. The van der Waals surface area contributed by atoms with Crippen molar-refractivity contribution in [1.29, 1.82) is 0 Å². The normalized spacial score (nSPS) is 11.2. The minimum atomic E-state index is -3.77. The molecular formula is C12H11N3O4S. The maximum Gasteiger partial charge on any atom is 0.273 e.